The Kier molecular flexibility index (Phi) is 4.80. The molecule has 3 aromatic rings. The normalized spacial score (nSPS) is 10.6. The van der Waals surface area contributed by atoms with Crippen LogP contribution in [-0.2, 0) is 16.1 Å². The number of halogens is 1. The number of hydrogen-bond acceptors (Lipinski definition) is 8. The van der Waals surface area contributed by atoms with E-state index in [1.54, 1.807) is 12.1 Å². The summed E-state index contributed by atoms with van der Waals surface area (Å²) in [6.07, 6.45) is 0. The largest absolute Gasteiger partial charge is 0.481 e. The van der Waals surface area contributed by atoms with Gasteiger partial charge in [-0.2, -0.15) is 15.0 Å². The molecule has 0 spiro atoms. The van der Waals surface area contributed by atoms with Crippen molar-refractivity contribution in [3.05, 3.63) is 47.2 Å². The molecule has 0 unspecified atom stereocenters. The second kappa shape index (κ2) is 7.18. The highest BCUT2D eigenvalue weighted by molar-refractivity contribution is 6.35. The second-order valence-electron chi connectivity index (χ2n) is 5.01. The zero-order chi connectivity index (χ0) is 17.8. The van der Waals surface area contributed by atoms with E-state index in [0.29, 0.717) is 10.8 Å². The highest BCUT2D eigenvalue weighted by atomic mass is 35.5. The summed E-state index contributed by atoms with van der Waals surface area (Å²) in [6.45, 7) is -0.456. The topological polar surface area (TPSA) is 126 Å². The van der Waals surface area contributed by atoms with Gasteiger partial charge in [-0.05, 0) is 12.1 Å². The molecule has 0 radical (unpaired) electrons. The van der Waals surface area contributed by atoms with E-state index in [9.17, 15) is 4.79 Å². The van der Waals surface area contributed by atoms with E-state index < -0.39 is 5.97 Å². The summed E-state index contributed by atoms with van der Waals surface area (Å²) in [5, 5.41) is 2.25. The van der Waals surface area contributed by atoms with E-state index in [-0.39, 0.29) is 30.9 Å². The standard InChI is InChI=1S/C16H14ClN5O3/c17-11-5-6-12(10-4-2-1-3-9(10)11)24-8-14(23)25-7-13-20-15(18)22-16(19)21-13/h1-6H,7-8H2,(H4,18,19,20,21,22). The molecule has 0 aliphatic heterocycles. The molecule has 128 valence electrons. The number of fused-ring (bicyclic) bond motifs is 1. The van der Waals surface area contributed by atoms with Gasteiger partial charge in [-0.3, -0.25) is 0 Å². The van der Waals surface area contributed by atoms with Gasteiger partial charge >= 0.3 is 5.97 Å². The summed E-state index contributed by atoms with van der Waals surface area (Å²) in [5.74, 6) is 0.0299. The minimum absolute atomic E-state index is 0.0394. The van der Waals surface area contributed by atoms with Crippen LogP contribution in [0.25, 0.3) is 10.8 Å². The van der Waals surface area contributed by atoms with Crippen molar-refractivity contribution in [2.45, 2.75) is 6.61 Å². The first kappa shape index (κ1) is 16.7. The Bertz CT molecular complexity index is 915. The van der Waals surface area contributed by atoms with Gasteiger partial charge in [-0.15, -0.1) is 0 Å². The molecule has 4 N–H and O–H groups in total. The van der Waals surface area contributed by atoms with Gasteiger partial charge < -0.3 is 20.9 Å². The second-order valence-corrected chi connectivity index (χ2v) is 5.42. The summed E-state index contributed by atoms with van der Waals surface area (Å²) < 4.78 is 10.6. The number of nitrogen functional groups attached to an aromatic ring is 2. The molecule has 9 heteroatoms. The summed E-state index contributed by atoms with van der Waals surface area (Å²) in [6, 6.07) is 10.9. The Labute approximate surface area is 147 Å². The van der Waals surface area contributed by atoms with Crippen LogP contribution in [0.2, 0.25) is 5.02 Å². The molecule has 1 heterocycles. The van der Waals surface area contributed by atoms with Gasteiger partial charge in [0.2, 0.25) is 11.9 Å². The van der Waals surface area contributed by atoms with Crippen LogP contribution in [-0.4, -0.2) is 27.5 Å². The predicted octanol–water partition coefficient (Wildman–Crippen LogP) is 1.96. The molecule has 25 heavy (non-hydrogen) atoms. The van der Waals surface area contributed by atoms with Crippen LogP contribution in [0.1, 0.15) is 5.82 Å². The maximum Gasteiger partial charge on any atom is 0.344 e. The fourth-order valence-electron chi connectivity index (χ4n) is 2.21. The maximum atomic E-state index is 11.9. The Morgan fingerprint density at radius 1 is 1.00 bits per heavy atom. The van der Waals surface area contributed by atoms with Gasteiger partial charge in [-0.1, -0.05) is 35.9 Å². The number of anilines is 2. The van der Waals surface area contributed by atoms with Crippen molar-refractivity contribution < 1.29 is 14.3 Å². The number of esters is 1. The Morgan fingerprint density at radius 2 is 1.68 bits per heavy atom. The van der Waals surface area contributed by atoms with Crippen LogP contribution in [0, 0.1) is 0 Å². The third-order valence-electron chi connectivity index (χ3n) is 3.25. The summed E-state index contributed by atoms with van der Waals surface area (Å²) in [7, 11) is 0. The molecule has 0 aliphatic rings. The molecule has 3 rings (SSSR count). The number of ether oxygens (including phenoxy) is 2. The van der Waals surface area contributed by atoms with Crippen molar-refractivity contribution in [3.8, 4) is 5.75 Å². The van der Waals surface area contributed by atoms with Crippen LogP contribution in [0.4, 0.5) is 11.9 Å². The van der Waals surface area contributed by atoms with Crippen LogP contribution >= 0.6 is 11.6 Å². The van der Waals surface area contributed by atoms with Gasteiger partial charge in [0.15, 0.2) is 19.0 Å². The maximum absolute atomic E-state index is 11.9. The molecule has 1 aromatic heterocycles. The average molecular weight is 360 g/mol. The molecule has 0 bridgehead atoms. The van der Waals surface area contributed by atoms with E-state index in [1.165, 1.54) is 0 Å². The molecule has 0 aliphatic carbocycles. The molecular formula is C16H14ClN5O3. The molecular weight excluding hydrogens is 346 g/mol. The zero-order valence-electron chi connectivity index (χ0n) is 13.0. The third-order valence-corrected chi connectivity index (χ3v) is 3.58. The number of rotatable bonds is 5. The minimum Gasteiger partial charge on any atom is -0.481 e. The van der Waals surface area contributed by atoms with Crippen LogP contribution in [0.5, 0.6) is 5.75 Å². The number of benzene rings is 2. The van der Waals surface area contributed by atoms with Gasteiger partial charge in [0.25, 0.3) is 0 Å². The van der Waals surface area contributed by atoms with Gasteiger partial charge in [0.1, 0.15) is 5.75 Å². The summed E-state index contributed by atoms with van der Waals surface area (Å²) >= 11 is 6.15. The van der Waals surface area contributed by atoms with E-state index in [1.807, 2.05) is 24.3 Å². The molecule has 0 saturated heterocycles. The van der Waals surface area contributed by atoms with E-state index in [2.05, 4.69) is 15.0 Å². The summed E-state index contributed by atoms with van der Waals surface area (Å²) in [4.78, 5) is 23.1. The first-order valence-electron chi connectivity index (χ1n) is 7.24. The van der Waals surface area contributed by atoms with Crippen LogP contribution < -0.4 is 16.2 Å². The van der Waals surface area contributed by atoms with Crippen molar-refractivity contribution in [2.75, 3.05) is 18.1 Å². The lowest BCUT2D eigenvalue weighted by atomic mass is 10.1. The molecule has 8 nitrogen and oxygen atoms in total. The van der Waals surface area contributed by atoms with E-state index in [4.69, 9.17) is 32.5 Å². The van der Waals surface area contributed by atoms with Gasteiger partial charge in [-0.25, -0.2) is 4.79 Å². The van der Waals surface area contributed by atoms with Crippen LogP contribution in [0.3, 0.4) is 0 Å². The van der Waals surface area contributed by atoms with E-state index in [0.717, 1.165) is 10.8 Å². The average Bonchev–Trinajstić information content (AvgIpc) is 2.59. The number of nitrogens with zero attached hydrogens (tertiary/aromatic N) is 3. The Balaban J connectivity index is 1.62. The molecule has 0 atom stereocenters. The van der Waals surface area contributed by atoms with Crippen molar-refractivity contribution in [3.63, 3.8) is 0 Å². The van der Waals surface area contributed by atoms with Crippen molar-refractivity contribution in [1.29, 1.82) is 0 Å². The molecule has 2 aromatic carbocycles. The van der Waals surface area contributed by atoms with Gasteiger partial charge in [0.05, 0.1) is 0 Å². The Hall–Kier alpha value is -3.13. The van der Waals surface area contributed by atoms with Crippen LogP contribution in [0.15, 0.2) is 36.4 Å². The Morgan fingerprint density at radius 3 is 2.40 bits per heavy atom. The third kappa shape index (κ3) is 4.04. The lowest BCUT2D eigenvalue weighted by Gasteiger charge is -2.10. The highest BCUT2D eigenvalue weighted by Crippen LogP contribution is 2.31. The first-order valence-corrected chi connectivity index (χ1v) is 7.62. The minimum atomic E-state index is -0.586. The number of carbonyl (C=O) groups excluding carboxylic acids is 1. The van der Waals surface area contributed by atoms with Crippen molar-refractivity contribution >= 4 is 40.2 Å². The lowest BCUT2D eigenvalue weighted by Crippen LogP contribution is -2.16. The predicted molar refractivity (Wildman–Crippen MR) is 92.9 cm³/mol. The quantitative estimate of drug-likeness (QED) is 0.662. The van der Waals surface area contributed by atoms with Crippen molar-refractivity contribution in [1.82, 2.24) is 15.0 Å². The smallest absolute Gasteiger partial charge is 0.344 e. The number of nitrogens with two attached hydrogens (primary N) is 2. The number of aromatic nitrogens is 3. The van der Waals surface area contributed by atoms with Crippen molar-refractivity contribution in [2.24, 2.45) is 0 Å². The number of hydrogen-bond donors (Lipinski definition) is 2. The van der Waals surface area contributed by atoms with Gasteiger partial charge in [0, 0.05) is 15.8 Å². The monoisotopic (exact) mass is 359 g/mol. The molecule has 0 amide bonds. The fourth-order valence-corrected chi connectivity index (χ4v) is 2.43. The fraction of sp³-hybridized carbons (Fsp3) is 0.125. The lowest BCUT2D eigenvalue weighted by molar-refractivity contribution is -0.147. The van der Waals surface area contributed by atoms with E-state index >= 15 is 0 Å². The number of carbonyl (C=O) groups is 1. The molecule has 0 saturated carbocycles. The zero-order valence-corrected chi connectivity index (χ0v) is 13.7. The SMILES string of the molecule is Nc1nc(N)nc(COC(=O)COc2ccc(Cl)c3ccccc23)n1. The highest BCUT2D eigenvalue weighted by Gasteiger charge is 2.10. The summed E-state index contributed by atoms with van der Waals surface area (Å²) in [5.41, 5.74) is 10.9. The molecule has 0 fully saturated rings. The first-order chi connectivity index (χ1) is 12.0.